The number of phenolic OH excluding ortho intramolecular Hbond substituents is 1. The van der Waals surface area contributed by atoms with Gasteiger partial charge < -0.3 is 21.0 Å². The molecule has 2 fully saturated rings. The van der Waals surface area contributed by atoms with Crippen LogP contribution in [0.25, 0.3) is 0 Å². The summed E-state index contributed by atoms with van der Waals surface area (Å²) in [6.07, 6.45) is 8.12. The van der Waals surface area contributed by atoms with Gasteiger partial charge in [0.05, 0.1) is 11.4 Å². The van der Waals surface area contributed by atoms with Crippen LogP contribution in [-0.2, 0) is 16.1 Å². The van der Waals surface area contributed by atoms with E-state index in [0.717, 1.165) is 49.1 Å². The molecule has 1 heterocycles. The fraction of sp³-hybridized carbons (Fsp3) is 0.577. The molecule has 0 spiro atoms. The van der Waals surface area contributed by atoms with E-state index in [0.29, 0.717) is 40.9 Å². The summed E-state index contributed by atoms with van der Waals surface area (Å²) in [5.41, 5.74) is 10.2. The first kappa shape index (κ1) is 23.1. The van der Waals surface area contributed by atoms with Crippen LogP contribution >= 0.6 is 11.3 Å². The number of nitrogens with zero attached hydrogens (tertiary/aromatic N) is 2. The molecule has 0 saturated heterocycles. The monoisotopic (exact) mass is 482 g/mol. The fourth-order valence-electron chi connectivity index (χ4n) is 7.13. The van der Waals surface area contributed by atoms with Crippen LogP contribution in [0.5, 0.6) is 5.75 Å². The van der Waals surface area contributed by atoms with Crippen molar-refractivity contribution in [3.63, 3.8) is 0 Å². The molecule has 34 heavy (non-hydrogen) atoms. The molecule has 3 aliphatic carbocycles. The number of rotatable bonds is 5. The van der Waals surface area contributed by atoms with Gasteiger partial charge >= 0.3 is 0 Å². The summed E-state index contributed by atoms with van der Waals surface area (Å²) in [4.78, 5) is 23.3. The molecule has 182 valence electrons. The van der Waals surface area contributed by atoms with Crippen LogP contribution in [0.2, 0.25) is 0 Å². The summed E-state index contributed by atoms with van der Waals surface area (Å²) < 4.78 is 0. The lowest BCUT2D eigenvalue weighted by Gasteiger charge is -2.50. The van der Waals surface area contributed by atoms with Gasteiger partial charge in [-0.15, -0.1) is 11.3 Å². The van der Waals surface area contributed by atoms with E-state index in [1.165, 1.54) is 22.5 Å². The number of nitrogen functional groups attached to an aromatic ring is 1. The Morgan fingerprint density at radius 1 is 1.41 bits per heavy atom. The van der Waals surface area contributed by atoms with E-state index in [1.54, 1.807) is 13.3 Å². The Morgan fingerprint density at radius 2 is 2.24 bits per heavy atom. The molecule has 3 aliphatic rings. The lowest BCUT2D eigenvalue weighted by atomic mass is 9.54. The topological polar surface area (TPSA) is 110 Å². The SMILES string of the molecule is CO/N=C1\CC(CCC(=O)Nc2ncc(C)s2)C2C3CCc4cc(O)c(N)cc4C3CCC12C. The van der Waals surface area contributed by atoms with E-state index in [-0.39, 0.29) is 17.1 Å². The third-order valence-corrected chi connectivity index (χ3v) is 9.39. The smallest absolute Gasteiger partial charge is 0.226 e. The average molecular weight is 483 g/mol. The highest BCUT2D eigenvalue weighted by molar-refractivity contribution is 7.15. The third-order valence-electron chi connectivity index (χ3n) is 8.56. The standard InChI is InChI=1S/C26H34N4O3S/c1-14-13-28-25(34-14)29-23(32)7-5-16-11-22(30-33-3)26(2)9-8-17-18(24(16)26)6-4-15-10-21(31)20(27)12-19(15)17/h10,12-13,16-18,24,31H,4-9,11,27H2,1-3H3,(H,28,29,32)/b30-22+. The second-order valence-corrected chi connectivity index (χ2v) is 11.7. The summed E-state index contributed by atoms with van der Waals surface area (Å²) in [6, 6.07) is 3.87. The Kier molecular flexibility index (Phi) is 6.04. The van der Waals surface area contributed by atoms with Gasteiger partial charge in [-0.3, -0.25) is 4.79 Å². The van der Waals surface area contributed by atoms with Crippen molar-refractivity contribution in [3.05, 3.63) is 34.3 Å². The Hall–Kier alpha value is -2.61. The van der Waals surface area contributed by atoms with Gasteiger partial charge in [-0.05, 0) is 92.4 Å². The van der Waals surface area contributed by atoms with Crippen molar-refractivity contribution >= 4 is 33.8 Å². The summed E-state index contributed by atoms with van der Waals surface area (Å²) in [5, 5.41) is 18.3. The number of carbonyl (C=O) groups excluding carboxylic acids is 1. The molecule has 4 N–H and O–H groups in total. The number of nitrogens with two attached hydrogens (primary N) is 1. The molecule has 5 unspecified atom stereocenters. The minimum absolute atomic E-state index is 0.00922. The van der Waals surface area contributed by atoms with Gasteiger partial charge in [-0.25, -0.2) is 4.98 Å². The number of thiazole rings is 1. The van der Waals surface area contributed by atoms with E-state index >= 15 is 0 Å². The number of hydrogen-bond acceptors (Lipinski definition) is 7. The Labute approximate surface area is 204 Å². The van der Waals surface area contributed by atoms with E-state index in [4.69, 9.17) is 10.6 Å². The lowest BCUT2D eigenvalue weighted by molar-refractivity contribution is -0.116. The van der Waals surface area contributed by atoms with E-state index in [1.807, 2.05) is 19.1 Å². The number of aryl methyl sites for hydroxylation is 2. The predicted octanol–water partition coefficient (Wildman–Crippen LogP) is 5.24. The molecule has 0 aliphatic heterocycles. The van der Waals surface area contributed by atoms with Gasteiger partial charge in [0.15, 0.2) is 5.13 Å². The number of fused-ring (bicyclic) bond motifs is 5. The van der Waals surface area contributed by atoms with Crippen molar-refractivity contribution in [1.82, 2.24) is 4.98 Å². The molecule has 0 radical (unpaired) electrons. The van der Waals surface area contributed by atoms with Crippen molar-refractivity contribution in [2.24, 2.45) is 28.3 Å². The van der Waals surface area contributed by atoms with Crippen LogP contribution in [0.15, 0.2) is 23.5 Å². The molecule has 1 aromatic heterocycles. The maximum atomic E-state index is 12.7. The predicted molar refractivity (Wildman–Crippen MR) is 135 cm³/mol. The first-order valence-corrected chi connectivity index (χ1v) is 13.1. The molecule has 2 aromatic rings. The molecule has 5 atom stereocenters. The van der Waals surface area contributed by atoms with Crippen LogP contribution in [-0.4, -0.2) is 28.8 Å². The summed E-state index contributed by atoms with van der Waals surface area (Å²) >= 11 is 1.50. The fourth-order valence-corrected chi connectivity index (χ4v) is 7.82. The Balaban J connectivity index is 1.39. The summed E-state index contributed by atoms with van der Waals surface area (Å²) in [6.45, 7) is 4.34. The number of carbonyl (C=O) groups is 1. The number of phenols is 1. The van der Waals surface area contributed by atoms with Crippen LogP contribution in [0.3, 0.4) is 0 Å². The number of hydrogen-bond donors (Lipinski definition) is 3. The van der Waals surface area contributed by atoms with Crippen LogP contribution < -0.4 is 11.1 Å². The number of aromatic hydroxyl groups is 1. The zero-order valence-corrected chi connectivity index (χ0v) is 21.0. The normalized spacial score (nSPS) is 31.0. The number of anilines is 2. The van der Waals surface area contributed by atoms with Crippen molar-refractivity contribution in [3.8, 4) is 5.75 Å². The Morgan fingerprint density at radius 3 is 2.97 bits per heavy atom. The second-order valence-electron chi connectivity index (χ2n) is 10.4. The molecule has 8 heteroatoms. The summed E-state index contributed by atoms with van der Waals surface area (Å²) in [5.74, 6) is 1.98. The first-order valence-electron chi connectivity index (χ1n) is 12.2. The zero-order valence-electron chi connectivity index (χ0n) is 20.1. The average Bonchev–Trinajstić information content (AvgIpc) is 3.33. The number of aromatic nitrogens is 1. The molecule has 0 bridgehead atoms. The minimum Gasteiger partial charge on any atom is -0.506 e. The van der Waals surface area contributed by atoms with E-state index in [2.05, 4.69) is 22.4 Å². The molecule has 1 amide bonds. The zero-order chi connectivity index (χ0) is 24.0. The lowest BCUT2D eigenvalue weighted by Crippen LogP contribution is -2.44. The molecule has 5 rings (SSSR count). The number of amides is 1. The van der Waals surface area contributed by atoms with Gasteiger partial charge in [-0.1, -0.05) is 12.1 Å². The minimum atomic E-state index is -0.00922. The highest BCUT2D eigenvalue weighted by Crippen LogP contribution is 2.62. The van der Waals surface area contributed by atoms with E-state index < -0.39 is 0 Å². The van der Waals surface area contributed by atoms with Crippen LogP contribution in [0.1, 0.15) is 67.4 Å². The largest absolute Gasteiger partial charge is 0.506 e. The van der Waals surface area contributed by atoms with Gasteiger partial charge in [0.25, 0.3) is 0 Å². The third kappa shape index (κ3) is 3.96. The molecular formula is C26H34N4O3S. The number of nitrogens with one attached hydrogen (secondary N) is 1. The van der Waals surface area contributed by atoms with Crippen molar-refractivity contribution in [2.75, 3.05) is 18.2 Å². The van der Waals surface area contributed by atoms with Gasteiger partial charge in [-0.2, -0.15) is 0 Å². The van der Waals surface area contributed by atoms with E-state index in [9.17, 15) is 9.90 Å². The number of benzene rings is 1. The van der Waals surface area contributed by atoms with Gasteiger partial charge in [0.1, 0.15) is 12.9 Å². The molecule has 2 saturated carbocycles. The van der Waals surface area contributed by atoms with Gasteiger partial charge in [0, 0.05) is 22.9 Å². The highest BCUT2D eigenvalue weighted by atomic mass is 32.1. The highest BCUT2D eigenvalue weighted by Gasteiger charge is 2.57. The number of oxime groups is 1. The van der Waals surface area contributed by atoms with Crippen molar-refractivity contribution in [2.45, 2.75) is 64.7 Å². The maximum Gasteiger partial charge on any atom is 0.226 e. The van der Waals surface area contributed by atoms with Crippen molar-refractivity contribution < 1.29 is 14.7 Å². The molecule has 1 aromatic carbocycles. The molecular weight excluding hydrogens is 448 g/mol. The van der Waals surface area contributed by atoms with Crippen LogP contribution in [0.4, 0.5) is 10.8 Å². The second kappa shape index (κ2) is 8.87. The summed E-state index contributed by atoms with van der Waals surface area (Å²) in [7, 11) is 1.62. The first-order chi connectivity index (χ1) is 16.3. The van der Waals surface area contributed by atoms with Crippen molar-refractivity contribution in [1.29, 1.82) is 0 Å². The van der Waals surface area contributed by atoms with Gasteiger partial charge in [0.2, 0.25) is 5.91 Å². The molecule has 7 nitrogen and oxygen atoms in total. The Bertz CT molecular complexity index is 1130. The quantitative estimate of drug-likeness (QED) is 0.307. The van der Waals surface area contributed by atoms with Crippen LogP contribution in [0, 0.1) is 30.1 Å². The maximum absolute atomic E-state index is 12.7.